The molecule has 0 fully saturated rings. The molecule has 0 saturated heterocycles. The van der Waals surface area contributed by atoms with Crippen molar-refractivity contribution >= 4 is 17.6 Å². The van der Waals surface area contributed by atoms with E-state index in [0.29, 0.717) is 29.2 Å². The lowest BCUT2D eigenvalue weighted by Gasteiger charge is -2.10. The second kappa shape index (κ2) is 8.67. The summed E-state index contributed by atoms with van der Waals surface area (Å²) in [6.07, 6.45) is 0. The number of carbonyl (C=O) groups is 2. The summed E-state index contributed by atoms with van der Waals surface area (Å²) in [5.41, 5.74) is 2.36. The third-order valence-corrected chi connectivity index (χ3v) is 3.89. The van der Waals surface area contributed by atoms with E-state index in [4.69, 9.17) is 4.74 Å². The van der Waals surface area contributed by atoms with Crippen LogP contribution < -0.4 is 10.1 Å². The van der Waals surface area contributed by atoms with E-state index in [2.05, 4.69) is 10.1 Å². The summed E-state index contributed by atoms with van der Waals surface area (Å²) in [5, 5.41) is 2.81. The van der Waals surface area contributed by atoms with Crippen molar-refractivity contribution in [1.29, 1.82) is 0 Å². The maximum Gasteiger partial charge on any atom is 0.337 e. The molecule has 27 heavy (non-hydrogen) atoms. The van der Waals surface area contributed by atoms with E-state index in [-0.39, 0.29) is 5.91 Å². The predicted molar refractivity (Wildman–Crippen MR) is 103 cm³/mol. The quantitative estimate of drug-likeness (QED) is 0.665. The Labute approximate surface area is 157 Å². The Hall–Kier alpha value is -3.60. The highest BCUT2D eigenvalue weighted by molar-refractivity contribution is 6.05. The molecule has 1 N–H and O–H groups in total. The Morgan fingerprint density at radius 1 is 0.852 bits per heavy atom. The van der Waals surface area contributed by atoms with Crippen LogP contribution in [0.25, 0.3) is 0 Å². The van der Waals surface area contributed by atoms with Gasteiger partial charge in [0.1, 0.15) is 12.4 Å². The van der Waals surface area contributed by atoms with Gasteiger partial charge in [-0.1, -0.05) is 42.5 Å². The van der Waals surface area contributed by atoms with Crippen LogP contribution in [0.3, 0.4) is 0 Å². The zero-order valence-corrected chi connectivity index (χ0v) is 14.8. The first-order chi connectivity index (χ1) is 13.2. The molecule has 3 rings (SSSR count). The molecule has 0 unspecified atom stereocenters. The maximum absolute atomic E-state index is 12.5. The molecule has 0 aliphatic carbocycles. The van der Waals surface area contributed by atoms with Gasteiger partial charge in [-0.15, -0.1) is 0 Å². The van der Waals surface area contributed by atoms with Crippen molar-refractivity contribution in [1.82, 2.24) is 0 Å². The standard InChI is InChI=1S/C22H19NO4/c1-26-22(25)18-10-5-9-17(13-18)21(24)23-19-11-6-12-20(14-19)27-15-16-7-3-2-4-8-16/h2-14H,15H2,1H3,(H,23,24). The molecule has 3 aromatic carbocycles. The Morgan fingerprint density at radius 3 is 2.37 bits per heavy atom. The highest BCUT2D eigenvalue weighted by Crippen LogP contribution is 2.19. The molecular formula is C22H19NO4. The second-order valence-electron chi connectivity index (χ2n) is 5.83. The third kappa shape index (κ3) is 4.95. The SMILES string of the molecule is COC(=O)c1cccc(C(=O)Nc2cccc(OCc3ccccc3)c2)c1. The first-order valence-electron chi connectivity index (χ1n) is 8.42. The number of amides is 1. The van der Waals surface area contributed by atoms with Crippen LogP contribution in [-0.4, -0.2) is 19.0 Å². The summed E-state index contributed by atoms with van der Waals surface area (Å²) in [4.78, 5) is 24.1. The van der Waals surface area contributed by atoms with E-state index >= 15 is 0 Å². The number of hydrogen-bond acceptors (Lipinski definition) is 4. The van der Waals surface area contributed by atoms with E-state index in [1.807, 2.05) is 36.4 Å². The van der Waals surface area contributed by atoms with Gasteiger partial charge in [-0.25, -0.2) is 4.79 Å². The minimum atomic E-state index is -0.485. The van der Waals surface area contributed by atoms with Gasteiger partial charge >= 0.3 is 5.97 Å². The van der Waals surface area contributed by atoms with Crippen LogP contribution in [0, 0.1) is 0 Å². The lowest BCUT2D eigenvalue weighted by atomic mass is 10.1. The first-order valence-corrected chi connectivity index (χ1v) is 8.42. The van der Waals surface area contributed by atoms with Crippen LogP contribution in [0.1, 0.15) is 26.3 Å². The van der Waals surface area contributed by atoms with Crippen molar-refractivity contribution in [3.05, 3.63) is 95.6 Å². The van der Waals surface area contributed by atoms with Gasteiger partial charge in [0.25, 0.3) is 5.91 Å². The molecule has 0 bridgehead atoms. The molecule has 0 aromatic heterocycles. The molecule has 0 aliphatic rings. The van der Waals surface area contributed by atoms with E-state index in [9.17, 15) is 9.59 Å². The van der Waals surface area contributed by atoms with Crippen LogP contribution in [0.5, 0.6) is 5.75 Å². The van der Waals surface area contributed by atoms with Crippen molar-refractivity contribution in [2.24, 2.45) is 0 Å². The van der Waals surface area contributed by atoms with Crippen molar-refractivity contribution in [2.45, 2.75) is 6.61 Å². The lowest BCUT2D eigenvalue weighted by Crippen LogP contribution is -2.13. The zero-order chi connectivity index (χ0) is 19.1. The number of hydrogen-bond donors (Lipinski definition) is 1. The number of ether oxygens (including phenoxy) is 2. The van der Waals surface area contributed by atoms with Crippen LogP contribution in [-0.2, 0) is 11.3 Å². The number of nitrogens with one attached hydrogen (secondary N) is 1. The number of carbonyl (C=O) groups excluding carboxylic acids is 2. The summed E-state index contributed by atoms with van der Waals surface area (Å²) >= 11 is 0. The summed E-state index contributed by atoms with van der Waals surface area (Å²) in [5.74, 6) is -0.151. The van der Waals surface area contributed by atoms with Gasteiger partial charge in [0.05, 0.1) is 12.7 Å². The van der Waals surface area contributed by atoms with E-state index in [0.717, 1.165) is 5.56 Å². The molecule has 5 nitrogen and oxygen atoms in total. The fourth-order valence-corrected chi connectivity index (χ4v) is 2.51. The van der Waals surface area contributed by atoms with Gasteiger partial charge in [-0.2, -0.15) is 0 Å². The number of anilines is 1. The van der Waals surface area contributed by atoms with Crippen LogP contribution >= 0.6 is 0 Å². The largest absolute Gasteiger partial charge is 0.489 e. The van der Waals surface area contributed by atoms with Gasteiger partial charge in [0, 0.05) is 17.3 Å². The number of esters is 1. The minimum Gasteiger partial charge on any atom is -0.489 e. The molecule has 3 aromatic rings. The van der Waals surface area contributed by atoms with Gasteiger partial charge in [-0.3, -0.25) is 4.79 Å². The molecule has 0 saturated carbocycles. The molecule has 1 amide bonds. The number of benzene rings is 3. The number of rotatable bonds is 6. The normalized spacial score (nSPS) is 10.1. The Balaban J connectivity index is 1.67. The second-order valence-corrected chi connectivity index (χ2v) is 5.83. The van der Waals surface area contributed by atoms with Crippen molar-refractivity contribution in [2.75, 3.05) is 12.4 Å². The highest BCUT2D eigenvalue weighted by atomic mass is 16.5. The van der Waals surface area contributed by atoms with Gasteiger partial charge in [0.2, 0.25) is 0 Å². The van der Waals surface area contributed by atoms with Gasteiger partial charge in [-0.05, 0) is 35.9 Å². The summed E-state index contributed by atoms with van der Waals surface area (Å²) in [6.45, 7) is 0.444. The molecule has 0 spiro atoms. The molecule has 0 aliphatic heterocycles. The van der Waals surface area contributed by atoms with Crippen molar-refractivity contribution in [3.8, 4) is 5.75 Å². The Bertz CT molecular complexity index is 938. The lowest BCUT2D eigenvalue weighted by molar-refractivity contribution is 0.0600. The number of methoxy groups -OCH3 is 1. The molecule has 5 heteroatoms. The fraction of sp³-hybridized carbons (Fsp3) is 0.0909. The smallest absolute Gasteiger partial charge is 0.337 e. The van der Waals surface area contributed by atoms with Crippen molar-refractivity contribution in [3.63, 3.8) is 0 Å². The minimum absolute atomic E-state index is 0.319. The van der Waals surface area contributed by atoms with Crippen molar-refractivity contribution < 1.29 is 19.1 Å². The average Bonchev–Trinajstić information content (AvgIpc) is 2.73. The third-order valence-electron chi connectivity index (χ3n) is 3.89. The summed E-state index contributed by atoms with van der Waals surface area (Å²) < 4.78 is 10.5. The molecule has 0 radical (unpaired) electrons. The van der Waals surface area contributed by atoms with Gasteiger partial charge in [0.15, 0.2) is 0 Å². The fourth-order valence-electron chi connectivity index (χ4n) is 2.51. The highest BCUT2D eigenvalue weighted by Gasteiger charge is 2.11. The average molecular weight is 361 g/mol. The Kier molecular flexibility index (Phi) is 5.84. The van der Waals surface area contributed by atoms with E-state index in [1.54, 1.807) is 36.4 Å². The van der Waals surface area contributed by atoms with Crippen LogP contribution in [0.2, 0.25) is 0 Å². The van der Waals surface area contributed by atoms with Crippen LogP contribution in [0.4, 0.5) is 5.69 Å². The molecule has 0 atom stereocenters. The van der Waals surface area contributed by atoms with Crippen LogP contribution in [0.15, 0.2) is 78.9 Å². The summed E-state index contributed by atoms with van der Waals surface area (Å²) in [6, 6.07) is 23.4. The Morgan fingerprint density at radius 2 is 1.59 bits per heavy atom. The molecule has 136 valence electrons. The topological polar surface area (TPSA) is 64.6 Å². The summed E-state index contributed by atoms with van der Waals surface area (Å²) in [7, 11) is 1.30. The molecular weight excluding hydrogens is 342 g/mol. The zero-order valence-electron chi connectivity index (χ0n) is 14.8. The van der Waals surface area contributed by atoms with E-state index in [1.165, 1.54) is 13.2 Å². The predicted octanol–water partition coefficient (Wildman–Crippen LogP) is 4.30. The first kappa shape index (κ1) is 18.2. The maximum atomic E-state index is 12.5. The van der Waals surface area contributed by atoms with E-state index < -0.39 is 5.97 Å². The van der Waals surface area contributed by atoms with Gasteiger partial charge < -0.3 is 14.8 Å². The molecule has 0 heterocycles. The monoisotopic (exact) mass is 361 g/mol.